The molecule has 1 aromatic rings. The number of phenolic OH excluding ortho intramolecular Hbond substituents is 1. The highest BCUT2D eigenvalue weighted by molar-refractivity contribution is 5.74. The minimum atomic E-state index is -1.52. The fraction of sp³-hybridized carbons (Fsp3) is 0.125. The second-order valence-electron chi connectivity index (χ2n) is 2.33. The molecule has 1 aromatic carbocycles. The predicted molar refractivity (Wildman–Crippen MR) is 45.7 cm³/mol. The first kappa shape index (κ1) is 11.4. The molecule has 0 unspecified atom stereocenters. The number of carboxylic acids is 1. The summed E-state index contributed by atoms with van der Waals surface area (Å²) in [4.78, 5) is 10.3. The maximum Gasteiger partial charge on any atom is 0.337 e. The molecule has 0 radical (unpaired) electrons. The predicted octanol–water partition coefficient (Wildman–Crippen LogP) is 0.672. The normalized spacial score (nSPS) is 11.5. The average Bonchev–Trinajstić information content (AvgIpc) is 2.04. The Bertz CT molecular complexity index is 283. The first-order chi connectivity index (χ1) is 5.61. The molecule has 0 aliphatic rings. The standard InChI is InChI=1S/C8H8O4.H3N/c9-6-3-1-5(2-4-6)7(10)8(11)12;/h1-4,7,9-10H,(H,11,12);1H3/t7-;/m1./s1. The molecule has 0 heterocycles. The number of rotatable bonds is 2. The number of benzene rings is 1. The van der Waals surface area contributed by atoms with Crippen LogP contribution in [0.25, 0.3) is 0 Å². The van der Waals surface area contributed by atoms with Crippen LogP contribution >= 0.6 is 0 Å². The van der Waals surface area contributed by atoms with E-state index in [0.29, 0.717) is 0 Å². The van der Waals surface area contributed by atoms with E-state index in [1.807, 2.05) is 0 Å². The highest BCUT2D eigenvalue weighted by atomic mass is 16.4. The van der Waals surface area contributed by atoms with Crippen molar-refractivity contribution >= 4 is 5.97 Å². The quantitative estimate of drug-likeness (QED) is 0.541. The summed E-state index contributed by atoms with van der Waals surface area (Å²) in [7, 11) is 0. The molecule has 1 atom stereocenters. The van der Waals surface area contributed by atoms with Crippen LogP contribution in [-0.2, 0) is 4.79 Å². The lowest BCUT2D eigenvalue weighted by atomic mass is 10.1. The van der Waals surface area contributed by atoms with Crippen molar-refractivity contribution in [1.82, 2.24) is 6.15 Å². The second kappa shape index (κ2) is 4.44. The van der Waals surface area contributed by atoms with Crippen molar-refractivity contribution in [2.45, 2.75) is 6.10 Å². The van der Waals surface area contributed by atoms with Gasteiger partial charge in [0.1, 0.15) is 5.75 Å². The fourth-order valence-electron chi connectivity index (χ4n) is 0.799. The minimum Gasteiger partial charge on any atom is -0.508 e. The van der Waals surface area contributed by atoms with Crippen LogP contribution in [-0.4, -0.2) is 21.3 Å². The second-order valence-corrected chi connectivity index (χ2v) is 2.33. The number of carboxylic acid groups (broad SMARTS) is 1. The number of hydrogen-bond donors (Lipinski definition) is 4. The molecule has 0 bridgehead atoms. The molecular weight excluding hydrogens is 174 g/mol. The van der Waals surface area contributed by atoms with Crippen molar-refractivity contribution in [3.05, 3.63) is 29.8 Å². The Morgan fingerprint density at radius 2 is 1.69 bits per heavy atom. The molecule has 13 heavy (non-hydrogen) atoms. The fourth-order valence-corrected chi connectivity index (χ4v) is 0.799. The van der Waals surface area contributed by atoms with Gasteiger partial charge in [-0.15, -0.1) is 0 Å². The van der Waals surface area contributed by atoms with E-state index in [0.717, 1.165) is 0 Å². The maximum absolute atomic E-state index is 10.3. The van der Waals surface area contributed by atoms with Crippen LogP contribution in [0.3, 0.4) is 0 Å². The van der Waals surface area contributed by atoms with Crippen LogP contribution in [0.1, 0.15) is 11.7 Å². The van der Waals surface area contributed by atoms with Gasteiger partial charge in [0.25, 0.3) is 0 Å². The van der Waals surface area contributed by atoms with E-state index in [9.17, 15) is 4.79 Å². The zero-order valence-corrected chi connectivity index (χ0v) is 6.84. The van der Waals surface area contributed by atoms with Crippen LogP contribution in [0.5, 0.6) is 5.75 Å². The van der Waals surface area contributed by atoms with Gasteiger partial charge in [0, 0.05) is 0 Å². The van der Waals surface area contributed by atoms with E-state index in [1.54, 1.807) is 0 Å². The summed E-state index contributed by atoms with van der Waals surface area (Å²) in [6, 6.07) is 5.35. The molecule has 1 rings (SSSR count). The van der Waals surface area contributed by atoms with Crippen molar-refractivity contribution in [1.29, 1.82) is 0 Å². The van der Waals surface area contributed by atoms with E-state index in [4.69, 9.17) is 15.3 Å². The van der Waals surface area contributed by atoms with E-state index in [-0.39, 0.29) is 17.5 Å². The minimum absolute atomic E-state index is 0. The van der Waals surface area contributed by atoms with Crippen molar-refractivity contribution in [2.24, 2.45) is 0 Å². The molecule has 0 spiro atoms. The highest BCUT2D eigenvalue weighted by Crippen LogP contribution is 2.16. The Balaban J connectivity index is 0.00000144. The highest BCUT2D eigenvalue weighted by Gasteiger charge is 2.14. The van der Waals surface area contributed by atoms with Gasteiger partial charge in [-0.25, -0.2) is 4.79 Å². The van der Waals surface area contributed by atoms with Crippen molar-refractivity contribution in [3.8, 4) is 5.75 Å². The topological polar surface area (TPSA) is 113 Å². The summed E-state index contributed by atoms with van der Waals surface area (Å²) in [6.45, 7) is 0. The molecule has 6 N–H and O–H groups in total. The van der Waals surface area contributed by atoms with E-state index < -0.39 is 12.1 Å². The molecule has 5 nitrogen and oxygen atoms in total. The molecule has 0 aliphatic heterocycles. The largest absolute Gasteiger partial charge is 0.508 e. The van der Waals surface area contributed by atoms with E-state index in [2.05, 4.69) is 0 Å². The number of phenols is 1. The summed E-state index contributed by atoms with van der Waals surface area (Å²) in [5, 5.41) is 26.2. The molecule has 0 aromatic heterocycles. The SMILES string of the molecule is N.O=C(O)[C@H](O)c1ccc(O)cc1. The average molecular weight is 185 g/mol. The summed E-state index contributed by atoms with van der Waals surface area (Å²) in [6.07, 6.45) is -1.52. The summed E-state index contributed by atoms with van der Waals surface area (Å²) >= 11 is 0. The first-order valence-corrected chi connectivity index (χ1v) is 3.31. The zero-order valence-electron chi connectivity index (χ0n) is 6.84. The summed E-state index contributed by atoms with van der Waals surface area (Å²) in [5.74, 6) is -1.27. The number of aliphatic hydroxyl groups excluding tert-OH is 1. The molecule has 0 saturated heterocycles. The van der Waals surface area contributed by atoms with E-state index >= 15 is 0 Å². The number of hydrogen-bond acceptors (Lipinski definition) is 4. The number of carbonyl (C=O) groups is 1. The number of aromatic hydroxyl groups is 1. The smallest absolute Gasteiger partial charge is 0.337 e. The first-order valence-electron chi connectivity index (χ1n) is 3.31. The van der Waals surface area contributed by atoms with Crippen LogP contribution in [0.15, 0.2) is 24.3 Å². The van der Waals surface area contributed by atoms with Crippen molar-refractivity contribution in [3.63, 3.8) is 0 Å². The van der Waals surface area contributed by atoms with Gasteiger partial charge in [-0.3, -0.25) is 0 Å². The van der Waals surface area contributed by atoms with Gasteiger partial charge in [0.2, 0.25) is 0 Å². The van der Waals surface area contributed by atoms with Gasteiger partial charge in [0.05, 0.1) is 0 Å². The van der Waals surface area contributed by atoms with Gasteiger partial charge in [-0.1, -0.05) is 12.1 Å². The summed E-state index contributed by atoms with van der Waals surface area (Å²) in [5.41, 5.74) is 0.250. The van der Waals surface area contributed by atoms with Crippen LogP contribution in [0, 0.1) is 0 Å². The molecule has 72 valence electrons. The Hall–Kier alpha value is -1.59. The molecule has 0 fully saturated rings. The third-order valence-corrected chi connectivity index (χ3v) is 1.44. The molecule has 5 heteroatoms. The summed E-state index contributed by atoms with van der Waals surface area (Å²) < 4.78 is 0. The monoisotopic (exact) mass is 185 g/mol. The Morgan fingerprint density at radius 1 is 1.23 bits per heavy atom. The van der Waals surface area contributed by atoms with E-state index in [1.165, 1.54) is 24.3 Å². The Labute approximate surface area is 74.8 Å². The van der Waals surface area contributed by atoms with Crippen LogP contribution in [0.4, 0.5) is 0 Å². The molecular formula is C8H11NO4. The molecule has 0 aliphatic carbocycles. The zero-order chi connectivity index (χ0) is 9.14. The third-order valence-electron chi connectivity index (χ3n) is 1.44. The Kier molecular flexibility index (Phi) is 3.90. The van der Waals surface area contributed by atoms with Crippen molar-refractivity contribution < 1.29 is 20.1 Å². The Morgan fingerprint density at radius 3 is 2.08 bits per heavy atom. The van der Waals surface area contributed by atoms with Gasteiger partial charge >= 0.3 is 5.97 Å². The molecule has 0 saturated carbocycles. The lowest BCUT2D eigenvalue weighted by Crippen LogP contribution is -2.09. The van der Waals surface area contributed by atoms with Gasteiger partial charge in [-0.2, -0.15) is 0 Å². The molecule has 0 amide bonds. The third kappa shape index (κ3) is 2.73. The number of aliphatic hydroxyl groups is 1. The number of aliphatic carboxylic acids is 1. The lowest BCUT2D eigenvalue weighted by Gasteiger charge is -2.04. The maximum atomic E-state index is 10.3. The lowest BCUT2D eigenvalue weighted by molar-refractivity contribution is -0.146. The van der Waals surface area contributed by atoms with Crippen LogP contribution in [0.2, 0.25) is 0 Å². The van der Waals surface area contributed by atoms with Gasteiger partial charge in [0.15, 0.2) is 6.10 Å². The van der Waals surface area contributed by atoms with Gasteiger partial charge < -0.3 is 21.5 Å². The van der Waals surface area contributed by atoms with Gasteiger partial charge in [-0.05, 0) is 17.7 Å². The van der Waals surface area contributed by atoms with Crippen molar-refractivity contribution in [2.75, 3.05) is 0 Å². The van der Waals surface area contributed by atoms with Crippen LogP contribution < -0.4 is 6.15 Å².